The third kappa shape index (κ3) is 3.28. The Bertz CT molecular complexity index is 432. The van der Waals surface area contributed by atoms with E-state index in [-0.39, 0.29) is 10.6 Å². The monoisotopic (exact) mass is 223 g/mol. The van der Waals surface area contributed by atoms with Gasteiger partial charge in [0.25, 0.3) is 0 Å². The fourth-order valence-corrected chi connectivity index (χ4v) is 1.26. The van der Waals surface area contributed by atoms with Crippen LogP contribution < -0.4 is 5.73 Å². The maximum atomic E-state index is 10.7. The van der Waals surface area contributed by atoms with Gasteiger partial charge in [0, 0.05) is 18.5 Å². The first-order valence-corrected chi connectivity index (χ1v) is 4.74. The molecule has 4 heteroatoms. The number of hydrogen-bond donors (Lipinski definition) is 2. The molecule has 1 rings (SSSR count). The molecule has 0 bridgehead atoms. The molecule has 1 aromatic rings. The number of carboxylic acid groups (broad SMARTS) is 1. The Hall–Kier alpha value is -1.50. The summed E-state index contributed by atoms with van der Waals surface area (Å²) in [6, 6.07) is 4.60. The lowest BCUT2D eigenvalue weighted by Gasteiger charge is -1.98. The van der Waals surface area contributed by atoms with Gasteiger partial charge in [-0.05, 0) is 18.2 Å². The molecule has 0 unspecified atom stereocenters. The molecular formula is C11H10ClNO2. The summed E-state index contributed by atoms with van der Waals surface area (Å²) in [5.41, 5.74) is 6.06. The van der Waals surface area contributed by atoms with Crippen LogP contribution in [0.15, 0.2) is 18.2 Å². The zero-order chi connectivity index (χ0) is 11.3. The van der Waals surface area contributed by atoms with Crippen molar-refractivity contribution in [2.45, 2.75) is 6.42 Å². The number of halogens is 1. The van der Waals surface area contributed by atoms with Gasteiger partial charge in [0.2, 0.25) is 0 Å². The number of rotatable bonds is 2. The molecular weight excluding hydrogens is 214 g/mol. The van der Waals surface area contributed by atoms with Gasteiger partial charge in [-0.15, -0.1) is 0 Å². The van der Waals surface area contributed by atoms with E-state index in [1.165, 1.54) is 12.1 Å². The second-order valence-corrected chi connectivity index (χ2v) is 3.25. The highest BCUT2D eigenvalue weighted by Crippen LogP contribution is 2.17. The van der Waals surface area contributed by atoms with E-state index in [1.807, 2.05) is 0 Å². The highest BCUT2D eigenvalue weighted by molar-refractivity contribution is 6.33. The molecule has 0 aliphatic heterocycles. The molecule has 3 N–H and O–H groups in total. The summed E-state index contributed by atoms with van der Waals surface area (Å²) in [5.74, 6) is 4.65. The van der Waals surface area contributed by atoms with E-state index in [4.69, 9.17) is 22.4 Å². The number of benzene rings is 1. The van der Waals surface area contributed by atoms with Crippen LogP contribution in [0.3, 0.4) is 0 Å². The Morgan fingerprint density at radius 1 is 1.53 bits per heavy atom. The van der Waals surface area contributed by atoms with Crippen LogP contribution in [0.4, 0.5) is 0 Å². The SMILES string of the molecule is NCCC#Cc1ccc(C(=O)O)c(Cl)c1. The fraction of sp³-hybridized carbons (Fsp3) is 0.182. The molecule has 0 radical (unpaired) electrons. The van der Waals surface area contributed by atoms with Crippen LogP contribution in [0.25, 0.3) is 0 Å². The van der Waals surface area contributed by atoms with Crippen molar-refractivity contribution in [3.05, 3.63) is 34.3 Å². The number of aromatic carboxylic acids is 1. The lowest BCUT2D eigenvalue weighted by molar-refractivity contribution is 0.0697. The largest absolute Gasteiger partial charge is 0.478 e. The Kier molecular flexibility index (Phi) is 4.17. The summed E-state index contributed by atoms with van der Waals surface area (Å²) in [4.78, 5) is 10.7. The van der Waals surface area contributed by atoms with Gasteiger partial charge in [-0.25, -0.2) is 4.79 Å². The molecule has 0 spiro atoms. The van der Waals surface area contributed by atoms with Crippen LogP contribution in [-0.4, -0.2) is 17.6 Å². The highest BCUT2D eigenvalue weighted by Gasteiger charge is 2.07. The maximum absolute atomic E-state index is 10.7. The van der Waals surface area contributed by atoms with Crippen molar-refractivity contribution < 1.29 is 9.90 Å². The normalized spacial score (nSPS) is 9.20. The molecule has 0 saturated carbocycles. The number of carbonyl (C=O) groups is 1. The molecule has 1 aromatic carbocycles. The quantitative estimate of drug-likeness (QED) is 0.751. The minimum absolute atomic E-state index is 0.0843. The first-order chi connectivity index (χ1) is 7.15. The van der Waals surface area contributed by atoms with Crippen molar-refractivity contribution in [1.82, 2.24) is 0 Å². The molecule has 0 amide bonds. The second-order valence-electron chi connectivity index (χ2n) is 2.84. The predicted octanol–water partition coefficient (Wildman–Crippen LogP) is 1.74. The molecule has 0 heterocycles. The van der Waals surface area contributed by atoms with Gasteiger partial charge >= 0.3 is 5.97 Å². The topological polar surface area (TPSA) is 63.3 Å². The molecule has 0 aromatic heterocycles. The van der Waals surface area contributed by atoms with Gasteiger partial charge in [0.05, 0.1) is 10.6 Å². The summed E-state index contributed by atoms with van der Waals surface area (Å²) in [6.07, 6.45) is 0.609. The van der Waals surface area contributed by atoms with E-state index in [0.717, 1.165) is 0 Å². The zero-order valence-corrected chi connectivity index (χ0v) is 8.71. The first kappa shape index (κ1) is 11.6. The van der Waals surface area contributed by atoms with Gasteiger partial charge in [-0.3, -0.25) is 0 Å². The lowest BCUT2D eigenvalue weighted by atomic mass is 10.1. The number of nitrogens with two attached hydrogens (primary N) is 1. The van der Waals surface area contributed by atoms with E-state index in [1.54, 1.807) is 6.07 Å². The van der Waals surface area contributed by atoms with E-state index < -0.39 is 5.97 Å². The molecule has 0 aliphatic rings. The Balaban J connectivity index is 2.93. The molecule has 0 aliphatic carbocycles. The summed E-state index contributed by atoms with van der Waals surface area (Å²) in [5, 5.41) is 8.93. The third-order valence-corrected chi connectivity index (χ3v) is 2.01. The van der Waals surface area contributed by atoms with Crippen LogP contribution in [-0.2, 0) is 0 Å². The summed E-state index contributed by atoms with van der Waals surface area (Å²) >= 11 is 5.76. The average Bonchev–Trinajstić information content (AvgIpc) is 2.17. The van der Waals surface area contributed by atoms with Gasteiger partial charge < -0.3 is 10.8 Å². The smallest absolute Gasteiger partial charge is 0.337 e. The van der Waals surface area contributed by atoms with Crippen molar-refractivity contribution in [1.29, 1.82) is 0 Å². The Labute approximate surface area is 92.9 Å². The van der Waals surface area contributed by atoms with Crippen LogP contribution in [0, 0.1) is 11.8 Å². The minimum Gasteiger partial charge on any atom is -0.478 e. The third-order valence-electron chi connectivity index (χ3n) is 1.70. The van der Waals surface area contributed by atoms with Crippen LogP contribution in [0.5, 0.6) is 0 Å². The van der Waals surface area contributed by atoms with E-state index >= 15 is 0 Å². The van der Waals surface area contributed by atoms with Gasteiger partial charge in [0.15, 0.2) is 0 Å². The summed E-state index contributed by atoms with van der Waals surface area (Å²) < 4.78 is 0. The Morgan fingerprint density at radius 2 is 2.27 bits per heavy atom. The van der Waals surface area contributed by atoms with Crippen molar-refractivity contribution in [3.8, 4) is 11.8 Å². The zero-order valence-electron chi connectivity index (χ0n) is 7.96. The second kappa shape index (κ2) is 5.40. The minimum atomic E-state index is -1.04. The number of carboxylic acids is 1. The Morgan fingerprint density at radius 3 is 2.80 bits per heavy atom. The van der Waals surface area contributed by atoms with Gasteiger partial charge in [0.1, 0.15) is 0 Å². The molecule has 0 saturated heterocycles. The predicted molar refractivity (Wildman–Crippen MR) is 59.0 cm³/mol. The molecule has 3 nitrogen and oxygen atoms in total. The van der Waals surface area contributed by atoms with Crippen LogP contribution in [0.1, 0.15) is 22.3 Å². The van der Waals surface area contributed by atoms with Crippen molar-refractivity contribution >= 4 is 17.6 Å². The maximum Gasteiger partial charge on any atom is 0.337 e. The standard InChI is InChI=1S/C11H10ClNO2/c12-10-7-8(3-1-2-6-13)4-5-9(10)11(14)15/h4-5,7H,2,6,13H2,(H,14,15). The summed E-state index contributed by atoms with van der Waals surface area (Å²) in [6.45, 7) is 0.508. The summed E-state index contributed by atoms with van der Waals surface area (Å²) in [7, 11) is 0. The highest BCUT2D eigenvalue weighted by atomic mass is 35.5. The first-order valence-electron chi connectivity index (χ1n) is 4.37. The van der Waals surface area contributed by atoms with Crippen LogP contribution >= 0.6 is 11.6 Å². The molecule has 15 heavy (non-hydrogen) atoms. The van der Waals surface area contributed by atoms with Gasteiger partial charge in [-0.2, -0.15) is 0 Å². The van der Waals surface area contributed by atoms with Crippen molar-refractivity contribution in [2.75, 3.05) is 6.54 Å². The van der Waals surface area contributed by atoms with E-state index in [9.17, 15) is 4.79 Å². The van der Waals surface area contributed by atoms with Crippen LogP contribution in [0.2, 0.25) is 5.02 Å². The lowest BCUT2D eigenvalue weighted by Crippen LogP contribution is -1.97. The van der Waals surface area contributed by atoms with Crippen molar-refractivity contribution in [2.24, 2.45) is 5.73 Å². The molecule has 0 fully saturated rings. The van der Waals surface area contributed by atoms with E-state index in [2.05, 4.69) is 11.8 Å². The fourth-order valence-electron chi connectivity index (χ4n) is 1.00. The van der Waals surface area contributed by atoms with E-state index in [0.29, 0.717) is 18.5 Å². The van der Waals surface area contributed by atoms with Gasteiger partial charge in [-0.1, -0.05) is 23.4 Å². The average molecular weight is 224 g/mol. The molecule has 0 atom stereocenters. The number of hydrogen-bond acceptors (Lipinski definition) is 2. The molecule has 78 valence electrons. The van der Waals surface area contributed by atoms with Crippen molar-refractivity contribution in [3.63, 3.8) is 0 Å².